The SMILES string of the molecule is CC(ON1C(C)(C)CC(O)CC1(C)C)c1ccc(CO)cc1. The third kappa shape index (κ3) is 3.69. The largest absolute Gasteiger partial charge is 0.393 e. The van der Waals surface area contributed by atoms with Crippen LogP contribution in [0.4, 0.5) is 0 Å². The van der Waals surface area contributed by atoms with Crippen LogP contribution in [0.25, 0.3) is 0 Å². The third-order valence-corrected chi connectivity index (χ3v) is 4.47. The van der Waals surface area contributed by atoms with E-state index in [1.807, 2.05) is 31.2 Å². The highest BCUT2D eigenvalue weighted by atomic mass is 16.7. The molecular formula is C18H29NO3. The molecule has 22 heavy (non-hydrogen) atoms. The molecule has 0 radical (unpaired) electrons. The Morgan fingerprint density at radius 3 is 2.09 bits per heavy atom. The van der Waals surface area contributed by atoms with Crippen LogP contribution in [-0.2, 0) is 11.4 Å². The minimum Gasteiger partial charge on any atom is -0.393 e. The fourth-order valence-electron chi connectivity index (χ4n) is 3.61. The first kappa shape index (κ1) is 17.4. The summed E-state index contributed by atoms with van der Waals surface area (Å²) >= 11 is 0. The van der Waals surface area contributed by atoms with Gasteiger partial charge in [0.15, 0.2) is 0 Å². The summed E-state index contributed by atoms with van der Waals surface area (Å²) in [5, 5.41) is 21.3. The molecule has 1 heterocycles. The van der Waals surface area contributed by atoms with Gasteiger partial charge >= 0.3 is 0 Å². The third-order valence-electron chi connectivity index (χ3n) is 4.47. The number of piperidine rings is 1. The Morgan fingerprint density at radius 1 is 1.14 bits per heavy atom. The molecule has 0 amide bonds. The van der Waals surface area contributed by atoms with Crippen molar-refractivity contribution >= 4 is 0 Å². The molecule has 2 N–H and O–H groups in total. The van der Waals surface area contributed by atoms with E-state index >= 15 is 0 Å². The Bertz CT molecular complexity index is 478. The summed E-state index contributed by atoms with van der Waals surface area (Å²) in [7, 11) is 0. The van der Waals surface area contributed by atoms with Gasteiger partial charge in [-0.05, 0) is 58.6 Å². The highest BCUT2D eigenvalue weighted by molar-refractivity contribution is 5.23. The summed E-state index contributed by atoms with van der Waals surface area (Å²) in [6.45, 7) is 10.5. The number of hydroxylamine groups is 2. The summed E-state index contributed by atoms with van der Waals surface area (Å²) in [4.78, 5) is 6.29. The van der Waals surface area contributed by atoms with Gasteiger partial charge in [0.25, 0.3) is 0 Å². The second-order valence-corrected chi connectivity index (χ2v) is 7.63. The van der Waals surface area contributed by atoms with Gasteiger partial charge in [-0.3, -0.25) is 4.84 Å². The monoisotopic (exact) mass is 307 g/mol. The molecule has 4 nitrogen and oxygen atoms in total. The van der Waals surface area contributed by atoms with E-state index in [2.05, 4.69) is 32.8 Å². The number of rotatable bonds is 4. The molecule has 1 aromatic carbocycles. The molecule has 1 aliphatic heterocycles. The molecule has 2 rings (SSSR count). The maximum absolute atomic E-state index is 10.1. The molecule has 1 saturated heterocycles. The Hall–Kier alpha value is -0.940. The molecule has 1 unspecified atom stereocenters. The Morgan fingerprint density at radius 2 is 1.64 bits per heavy atom. The van der Waals surface area contributed by atoms with Crippen molar-refractivity contribution in [2.45, 2.75) is 77.4 Å². The van der Waals surface area contributed by atoms with Crippen LogP contribution in [0.1, 0.15) is 64.7 Å². The van der Waals surface area contributed by atoms with Crippen molar-refractivity contribution < 1.29 is 15.1 Å². The van der Waals surface area contributed by atoms with E-state index in [-0.39, 0.29) is 29.9 Å². The van der Waals surface area contributed by atoms with E-state index in [4.69, 9.17) is 9.94 Å². The first-order valence-corrected chi connectivity index (χ1v) is 8.00. The van der Waals surface area contributed by atoms with Gasteiger partial charge in [0.1, 0.15) is 6.10 Å². The number of nitrogens with zero attached hydrogens (tertiary/aromatic N) is 1. The van der Waals surface area contributed by atoms with Gasteiger partial charge in [0.05, 0.1) is 12.7 Å². The van der Waals surface area contributed by atoms with Crippen molar-refractivity contribution in [3.05, 3.63) is 35.4 Å². The highest BCUT2D eigenvalue weighted by Gasteiger charge is 2.46. The number of hydrogen-bond donors (Lipinski definition) is 2. The number of hydrogen-bond acceptors (Lipinski definition) is 4. The maximum Gasteiger partial charge on any atom is 0.102 e. The number of aliphatic hydroxyl groups is 2. The van der Waals surface area contributed by atoms with E-state index in [1.54, 1.807) is 0 Å². The number of benzene rings is 1. The maximum atomic E-state index is 10.1. The second-order valence-electron chi connectivity index (χ2n) is 7.63. The Labute approximate surface area is 133 Å². The quantitative estimate of drug-likeness (QED) is 0.897. The van der Waals surface area contributed by atoms with Gasteiger partial charge in [-0.25, -0.2) is 0 Å². The molecule has 1 aliphatic rings. The average molecular weight is 307 g/mol. The molecule has 0 saturated carbocycles. The summed E-state index contributed by atoms with van der Waals surface area (Å²) in [5.74, 6) is 0. The summed E-state index contributed by atoms with van der Waals surface area (Å²) in [6, 6.07) is 7.83. The van der Waals surface area contributed by atoms with Gasteiger partial charge in [-0.15, -0.1) is 0 Å². The van der Waals surface area contributed by atoms with Crippen LogP contribution in [0, 0.1) is 0 Å². The van der Waals surface area contributed by atoms with Crippen LogP contribution in [0.3, 0.4) is 0 Å². The summed E-state index contributed by atoms with van der Waals surface area (Å²) in [6.07, 6.45) is 1.03. The van der Waals surface area contributed by atoms with E-state index < -0.39 is 0 Å². The molecule has 4 heteroatoms. The number of aliphatic hydroxyl groups excluding tert-OH is 2. The lowest BCUT2D eigenvalue weighted by Gasteiger charge is -2.53. The van der Waals surface area contributed by atoms with Gasteiger partial charge in [-0.1, -0.05) is 24.3 Å². The molecular weight excluding hydrogens is 278 g/mol. The van der Waals surface area contributed by atoms with Crippen LogP contribution in [-0.4, -0.2) is 32.5 Å². The molecule has 1 atom stereocenters. The Balaban J connectivity index is 2.15. The zero-order valence-corrected chi connectivity index (χ0v) is 14.3. The summed E-state index contributed by atoms with van der Waals surface area (Å²) < 4.78 is 0. The highest BCUT2D eigenvalue weighted by Crippen LogP contribution is 2.40. The van der Waals surface area contributed by atoms with Crippen molar-refractivity contribution in [1.29, 1.82) is 0 Å². The smallest absolute Gasteiger partial charge is 0.102 e. The van der Waals surface area contributed by atoms with E-state index in [1.165, 1.54) is 0 Å². The van der Waals surface area contributed by atoms with Crippen LogP contribution >= 0.6 is 0 Å². The lowest BCUT2D eigenvalue weighted by Crippen LogP contribution is -2.61. The normalized spacial score (nSPS) is 23.4. The van der Waals surface area contributed by atoms with Crippen molar-refractivity contribution in [2.75, 3.05) is 0 Å². The fourth-order valence-corrected chi connectivity index (χ4v) is 3.61. The van der Waals surface area contributed by atoms with Crippen LogP contribution in [0.15, 0.2) is 24.3 Å². The topological polar surface area (TPSA) is 52.9 Å². The van der Waals surface area contributed by atoms with Gasteiger partial charge in [-0.2, -0.15) is 5.06 Å². The first-order chi connectivity index (χ1) is 10.2. The van der Waals surface area contributed by atoms with Gasteiger partial charge < -0.3 is 10.2 Å². The summed E-state index contributed by atoms with van der Waals surface area (Å²) in [5.41, 5.74) is 1.54. The standard InChI is InChI=1S/C18H29NO3/c1-13(15-8-6-14(12-20)7-9-15)22-19-17(2,3)10-16(21)11-18(19,4)5/h6-9,13,16,20-21H,10-12H2,1-5H3. The minimum absolute atomic E-state index is 0.0552. The lowest BCUT2D eigenvalue weighted by molar-refractivity contribution is -0.313. The van der Waals surface area contributed by atoms with E-state index in [9.17, 15) is 5.11 Å². The van der Waals surface area contributed by atoms with Crippen molar-refractivity contribution in [1.82, 2.24) is 5.06 Å². The van der Waals surface area contributed by atoms with Crippen molar-refractivity contribution in [2.24, 2.45) is 0 Å². The van der Waals surface area contributed by atoms with E-state index in [0.29, 0.717) is 12.8 Å². The minimum atomic E-state index is -0.288. The predicted octanol–water partition coefficient (Wildman–Crippen LogP) is 3.19. The zero-order valence-electron chi connectivity index (χ0n) is 14.3. The Kier molecular flexibility index (Phi) is 4.97. The predicted molar refractivity (Wildman–Crippen MR) is 87.1 cm³/mol. The second kappa shape index (κ2) is 6.28. The fraction of sp³-hybridized carbons (Fsp3) is 0.667. The molecule has 0 spiro atoms. The first-order valence-electron chi connectivity index (χ1n) is 8.00. The van der Waals surface area contributed by atoms with Crippen LogP contribution < -0.4 is 0 Å². The zero-order chi connectivity index (χ0) is 16.5. The van der Waals surface area contributed by atoms with Crippen LogP contribution in [0.5, 0.6) is 0 Å². The van der Waals surface area contributed by atoms with Gasteiger partial charge in [0.2, 0.25) is 0 Å². The van der Waals surface area contributed by atoms with Crippen molar-refractivity contribution in [3.63, 3.8) is 0 Å². The van der Waals surface area contributed by atoms with Gasteiger partial charge in [0, 0.05) is 11.1 Å². The molecule has 1 aromatic rings. The lowest BCUT2D eigenvalue weighted by atomic mass is 9.80. The molecule has 0 bridgehead atoms. The molecule has 0 aliphatic carbocycles. The molecule has 0 aromatic heterocycles. The molecule has 124 valence electrons. The van der Waals surface area contributed by atoms with Crippen LogP contribution in [0.2, 0.25) is 0 Å². The van der Waals surface area contributed by atoms with Crippen molar-refractivity contribution in [3.8, 4) is 0 Å². The van der Waals surface area contributed by atoms with E-state index in [0.717, 1.165) is 11.1 Å². The molecule has 1 fully saturated rings. The average Bonchev–Trinajstić information content (AvgIpc) is 2.41.